The van der Waals surface area contributed by atoms with Crippen LogP contribution < -0.4 is 4.90 Å². The van der Waals surface area contributed by atoms with Crippen LogP contribution in [0, 0.1) is 0 Å². The molecule has 0 unspecified atom stereocenters. The van der Waals surface area contributed by atoms with E-state index in [0.717, 1.165) is 24.8 Å². The minimum Gasteiger partial charge on any atom is -0.276 e. The van der Waals surface area contributed by atoms with Crippen LogP contribution in [0.2, 0.25) is 0 Å². The van der Waals surface area contributed by atoms with Crippen LogP contribution in [0.3, 0.4) is 0 Å². The van der Waals surface area contributed by atoms with Gasteiger partial charge in [-0.15, -0.1) is 0 Å². The van der Waals surface area contributed by atoms with Gasteiger partial charge in [0.1, 0.15) is 5.82 Å². The summed E-state index contributed by atoms with van der Waals surface area (Å²) in [5, 5.41) is 0. The molecule has 0 aliphatic carbocycles. The fourth-order valence-electron chi connectivity index (χ4n) is 2.95. The fraction of sp³-hybridized carbons (Fsp3) is 0.316. The quantitative estimate of drug-likeness (QED) is 0.850. The third-order valence-electron chi connectivity index (χ3n) is 4.25. The number of amides is 3. The molecule has 0 atom stereocenters. The maximum Gasteiger partial charge on any atom is 0.332 e. The number of carbonyl (C=O) groups is 2. The van der Waals surface area contributed by atoms with E-state index in [1.165, 1.54) is 17.4 Å². The van der Waals surface area contributed by atoms with Crippen LogP contribution in [0.4, 0.5) is 10.6 Å². The standard InChI is InChI=1S/C19H21N3O2/c1-15(23)21-12-13-22(19(21)24)18-14-17(10-11-20-18)9-5-8-16-6-3-2-4-7-16/h2-4,6-7,10-11,14H,5,8-9,12-13H2,1H3. The van der Waals surface area contributed by atoms with E-state index in [9.17, 15) is 9.59 Å². The highest BCUT2D eigenvalue weighted by Crippen LogP contribution is 2.20. The highest BCUT2D eigenvalue weighted by Gasteiger charge is 2.32. The zero-order chi connectivity index (χ0) is 16.9. The van der Waals surface area contributed by atoms with Crippen molar-refractivity contribution in [2.75, 3.05) is 18.0 Å². The molecule has 5 nitrogen and oxygen atoms in total. The molecule has 1 fully saturated rings. The van der Waals surface area contributed by atoms with E-state index in [2.05, 4.69) is 29.2 Å². The summed E-state index contributed by atoms with van der Waals surface area (Å²) >= 11 is 0. The summed E-state index contributed by atoms with van der Waals surface area (Å²) in [6.45, 7) is 2.34. The Kier molecular flexibility index (Phi) is 4.89. The van der Waals surface area contributed by atoms with Gasteiger partial charge in [-0.25, -0.2) is 9.78 Å². The third kappa shape index (κ3) is 3.62. The van der Waals surface area contributed by atoms with Crippen LogP contribution in [0.1, 0.15) is 24.5 Å². The third-order valence-corrected chi connectivity index (χ3v) is 4.25. The molecule has 0 N–H and O–H groups in total. The first-order valence-corrected chi connectivity index (χ1v) is 8.23. The van der Waals surface area contributed by atoms with Crippen molar-refractivity contribution >= 4 is 17.8 Å². The number of urea groups is 1. The Labute approximate surface area is 141 Å². The molecule has 3 amide bonds. The van der Waals surface area contributed by atoms with Crippen molar-refractivity contribution < 1.29 is 9.59 Å². The second-order valence-corrected chi connectivity index (χ2v) is 5.97. The van der Waals surface area contributed by atoms with E-state index in [4.69, 9.17) is 0 Å². The lowest BCUT2D eigenvalue weighted by molar-refractivity contribution is -0.125. The number of benzene rings is 1. The number of pyridine rings is 1. The second-order valence-electron chi connectivity index (χ2n) is 5.97. The van der Waals surface area contributed by atoms with Crippen LogP contribution >= 0.6 is 0 Å². The summed E-state index contributed by atoms with van der Waals surface area (Å²) in [7, 11) is 0. The highest BCUT2D eigenvalue weighted by molar-refractivity contribution is 6.03. The van der Waals surface area contributed by atoms with Crippen LogP contribution in [0.25, 0.3) is 0 Å². The predicted molar refractivity (Wildman–Crippen MR) is 92.8 cm³/mol. The van der Waals surface area contributed by atoms with Crippen molar-refractivity contribution in [2.45, 2.75) is 26.2 Å². The smallest absolute Gasteiger partial charge is 0.276 e. The number of hydrogen-bond donors (Lipinski definition) is 0. The Balaban J connectivity index is 1.62. The fourth-order valence-corrected chi connectivity index (χ4v) is 2.95. The maximum atomic E-state index is 12.2. The maximum absolute atomic E-state index is 12.2. The molecule has 2 heterocycles. The normalized spacial score (nSPS) is 14.3. The van der Waals surface area contributed by atoms with E-state index < -0.39 is 0 Å². The van der Waals surface area contributed by atoms with Gasteiger partial charge in [-0.2, -0.15) is 0 Å². The van der Waals surface area contributed by atoms with Gasteiger partial charge in [-0.1, -0.05) is 30.3 Å². The van der Waals surface area contributed by atoms with E-state index in [1.54, 1.807) is 11.1 Å². The summed E-state index contributed by atoms with van der Waals surface area (Å²) in [4.78, 5) is 30.8. The zero-order valence-electron chi connectivity index (χ0n) is 13.8. The molecule has 1 aromatic heterocycles. The SMILES string of the molecule is CC(=O)N1CCN(c2cc(CCCc3ccccc3)ccn2)C1=O. The summed E-state index contributed by atoms with van der Waals surface area (Å²) in [5.41, 5.74) is 2.49. The van der Waals surface area contributed by atoms with Crippen LogP contribution in [0.15, 0.2) is 48.7 Å². The van der Waals surface area contributed by atoms with Crippen LogP contribution in [0.5, 0.6) is 0 Å². The van der Waals surface area contributed by atoms with Crippen LogP contribution in [-0.4, -0.2) is 34.9 Å². The van der Waals surface area contributed by atoms with Crippen molar-refractivity contribution in [1.82, 2.24) is 9.88 Å². The summed E-state index contributed by atoms with van der Waals surface area (Å²) in [6, 6.07) is 14.1. The minimum absolute atomic E-state index is 0.221. The first kappa shape index (κ1) is 16.2. The zero-order valence-corrected chi connectivity index (χ0v) is 13.8. The van der Waals surface area contributed by atoms with Crippen molar-refractivity contribution in [1.29, 1.82) is 0 Å². The van der Waals surface area contributed by atoms with E-state index in [0.29, 0.717) is 18.9 Å². The van der Waals surface area contributed by atoms with E-state index in [-0.39, 0.29) is 11.9 Å². The number of aromatic nitrogens is 1. The van der Waals surface area contributed by atoms with Crippen molar-refractivity contribution in [3.05, 3.63) is 59.8 Å². The topological polar surface area (TPSA) is 53.5 Å². The second kappa shape index (κ2) is 7.25. The Bertz CT molecular complexity index is 730. The molecule has 24 heavy (non-hydrogen) atoms. The molecule has 1 aliphatic rings. The van der Waals surface area contributed by atoms with Crippen LogP contribution in [-0.2, 0) is 17.6 Å². The molecule has 1 aromatic carbocycles. The number of nitrogens with zero attached hydrogens (tertiary/aromatic N) is 3. The largest absolute Gasteiger partial charge is 0.332 e. The molecule has 3 rings (SSSR count). The first-order valence-electron chi connectivity index (χ1n) is 8.23. The number of imide groups is 1. The first-order chi connectivity index (χ1) is 11.6. The minimum atomic E-state index is -0.281. The Morgan fingerprint density at radius 3 is 2.54 bits per heavy atom. The van der Waals surface area contributed by atoms with Gasteiger partial charge in [0.15, 0.2) is 0 Å². The number of anilines is 1. The Morgan fingerprint density at radius 2 is 1.83 bits per heavy atom. The average molecular weight is 323 g/mol. The summed E-state index contributed by atoms with van der Waals surface area (Å²) < 4.78 is 0. The van der Waals surface area contributed by atoms with Gasteiger partial charge in [-0.05, 0) is 42.5 Å². The van der Waals surface area contributed by atoms with Crippen molar-refractivity contribution in [3.8, 4) is 0 Å². The van der Waals surface area contributed by atoms with Gasteiger partial charge in [0, 0.05) is 26.2 Å². The highest BCUT2D eigenvalue weighted by atomic mass is 16.2. The summed E-state index contributed by atoms with van der Waals surface area (Å²) in [5.74, 6) is 0.405. The number of rotatable bonds is 5. The molecular weight excluding hydrogens is 302 g/mol. The molecule has 1 aliphatic heterocycles. The molecule has 0 saturated carbocycles. The predicted octanol–water partition coefficient (Wildman–Crippen LogP) is 3.05. The molecule has 0 bridgehead atoms. The Hall–Kier alpha value is -2.69. The molecule has 5 heteroatoms. The molecule has 2 aromatic rings. The molecule has 1 saturated heterocycles. The summed E-state index contributed by atoms with van der Waals surface area (Å²) in [6.07, 6.45) is 4.74. The lowest BCUT2D eigenvalue weighted by atomic mass is 10.0. The van der Waals surface area contributed by atoms with E-state index >= 15 is 0 Å². The van der Waals surface area contributed by atoms with Gasteiger partial charge in [0.2, 0.25) is 5.91 Å². The van der Waals surface area contributed by atoms with Gasteiger partial charge in [-0.3, -0.25) is 14.6 Å². The van der Waals surface area contributed by atoms with E-state index in [1.807, 2.05) is 18.2 Å². The van der Waals surface area contributed by atoms with Gasteiger partial charge < -0.3 is 0 Å². The Morgan fingerprint density at radius 1 is 1.08 bits per heavy atom. The van der Waals surface area contributed by atoms with Gasteiger partial charge in [0.25, 0.3) is 0 Å². The van der Waals surface area contributed by atoms with Gasteiger partial charge >= 0.3 is 6.03 Å². The molecular formula is C19H21N3O2. The molecule has 124 valence electrons. The van der Waals surface area contributed by atoms with Crippen molar-refractivity contribution in [2.24, 2.45) is 0 Å². The molecule has 0 radical (unpaired) electrons. The monoisotopic (exact) mass is 323 g/mol. The molecule has 0 spiro atoms. The van der Waals surface area contributed by atoms with Gasteiger partial charge in [0.05, 0.1) is 0 Å². The lowest BCUT2D eigenvalue weighted by Crippen LogP contribution is -2.35. The lowest BCUT2D eigenvalue weighted by Gasteiger charge is -2.16. The number of carbonyl (C=O) groups excluding carboxylic acids is 2. The average Bonchev–Trinajstić information content (AvgIpc) is 2.98. The number of aryl methyl sites for hydroxylation is 2. The number of hydrogen-bond acceptors (Lipinski definition) is 3. The van der Waals surface area contributed by atoms with Crippen molar-refractivity contribution in [3.63, 3.8) is 0 Å².